The Hall–Kier alpha value is -2.01. The van der Waals surface area contributed by atoms with Crippen LogP contribution < -0.4 is 5.56 Å². The summed E-state index contributed by atoms with van der Waals surface area (Å²) in [5, 5.41) is 10.7. The maximum atomic E-state index is 11.9. The van der Waals surface area contributed by atoms with E-state index in [0.717, 1.165) is 5.56 Å². The number of aryl methyl sites for hydroxylation is 1. The second-order valence-electron chi connectivity index (χ2n) is 4.43. The number of aromatic hydroxyl groups is 1. The van der Waals surface area contributed by atoms with Crippen LogP contribution in [0.1, 0.15) is 29.3 Å². The number of carbonyl (C=O) groups is 1. The van der Waals surface area contributed by atoms with E-state index in [-0.39, 0.29) is 12.0 Å². The number of carbonyl (C=O) groups excluding carboxylic acids is 1. The number of esters is 1. The Morgan fingerprint density at radius 3 is 2.80 bits per heavy atom. The van der Waals surface area contributed by atoms with E-state index in [9.17, 15) is 14.7 Å². The first-order valence-corrected chi connectivity index (χ1v) is 6.56. The summed E-state index contributed by atoms with van der Waals surface area (Å²) in [5.41, 5.74) is -0.0148. The lowest BCUT2D eigenvalue weighted by atomic mass is 10.1. The molecule has 0 fully saturated rings. The number of aromatic amines is 1. The van der Waals surface area contributed by atoms with Crippen LogP contribution in [0.2, 0.25) is 5.02 Å². The molecule has 2 aromatic rings. The number of nitrogens with one attached hydrogen (secondary N) is 1. The molecule has 2 N–H and O–H groups in total. The van der Waals surface area contributed by atoms with Crippen molar-refractivity contribution in [2.24, 2.45) is 0 Å². The molecule has 1 aromatic carbocycles. The summed E-state index contributed by atoms with van der Waals surface area (Å²) in [7, 11) is 0. The highest BCUT2D eigenvalue weighted by atomic mass is 35.5. The number of halogens is 1. The van der Waals surface area contributed by atoms with Crippen molar-refractivity contribution in [3.63, 3.8) is 0 Å². The summed E-state index contributed by atoms with van der Waals surface area (Å²) in [5.74, 6) is -1.30. The van der Waals surface area contributed by atoms with Gasteiger partial charge in [-0.05, 0) is 25.0 Å². The van der Waals surface area contributed by atoms with E-state index in [2.05, 4.69) is 4.98 Å². The van der Waals surface area contributed by atoms with Gasteiger partial charge in [-0.25, -0.2) is 4.79 Å². The first-order valence-electron chi connectivity index (χ1n) is 6.18. The quantitative estimate of drug-likeness (QED) is 0.853. The van der Waals surface area contributed by atoms with Crippen molar-refractivity contribution in [1.29, 1.82) is 0 Å². The van der Waals surface area contributed by atoms with E-state index in [1.807, 2.05) is 6.92 Å². The summed E-state index contributed by atoms with van der Waals surface area (Å²) in [4.78, 5) is 26.3. The summed E-state index contributed by atoms with van der Waals surface area (Å²) in [6.45, 7) is 3.77. The Bertz CT molecular complexity index is 736. The molecule has 0 atom stereocenters. The minimum atomic E-state index is -0.856. The Morgan fingerprint density at radius 2 is 2.15 bits per heavy atom. The fourth-order valence-corrected chi connectivity index (χ4v) is 2.14. The average Bonchev–Trinajstić information content (AvgIpc) is 2.40. The molecule has 0 bridgehead atoms. The van der Waals surface area contributed by atoms with Crippen molar-refractivity contribution in [1.82, 2.24) is 4.98 Å². The van der Waals surface area contributed by atoms with Crippen LogP contribution >= 0.6 is 11.6 Å². The Morgan fingerprint density at radius 1 is 1.45 bits per heavy atom. The fourth-order valence-electron chi connectivity index (χ4n) is 1.89. The number of aromatic nitrogens is 1. The fraction of sp³-hybridized carbons (Fsp3) is 0.286. The number of pyridine rings is 1. The van der Waals surface area contributed by atoms with Gasteiger partial charge < -0.3 is 14.8 Å². The van der Waals surface area contributed by atoms with Crippen LogP contribution in [0.15, 0.2) is 16.9 Å². The maximum Gasteiger partial charge on any atom is 0.347 e. The predicted molar refractivity (Wildman–Crippen MR) is 76.6 cm³/mol. The monoisotopic (exact) mass is 295 g/mol. The number of hydrogen-bond donors (Lipinski definition) is 2. The largest absolute Gasteiger partial charge is 0.506 e. The zero-order valence-corrected chi connectivity index (χ0v) is 11.9. The molecular weight excluding hydrogens is 282 g/mol. The smallest absolute Gasteiger partial charge is 0.347 e. The zero-order chi connectivity index (χ0) is 14.9. The second-order valence-corrected chi connectivity index (χ2v) is 4.81. The Kier molecular flexibility index (Phi) is 3.99. The molecule has 1 aromatic heterocycles. The molecule has 0 saturated heterocycles. The van der Waals surface area contributed by atoms with E-state index in [4.69, 9.17) is 16.3 Å². The van der Waals surface area contributed by atoms with Crippen LogP contribution in [0.5, 0.6) is 5.75 Å². The maximum absolute atomic E-state index is 11.9. The third-order valence-electron chi connectivity index (χ3n) is 2.93. The van der Waals surface area contributed by atoms with Crippen LogP contribution in [0.3, 0.4) is 0 Å². The Labute approximate surface area is 120 Å². The number of benzene rings is 1. The zero-order valence-electron chi connectivity index (χ0n) is 11.1. The molecular formula is C14H14ClNO4. The van der Waals surface area contributed by atoms with Gasteiger partial charge in [0, 0.05) is 0 Å². The molecule has 1 heterocycles. The van der Waals surface area contributed by atoms with Gasteiger partial charge in [0.2, 0.25) is 0 Å². The van der Waals surface area contributed by atoms with Crippen molar-refractivity contribution in [3.05, 3.63) is 38.6 Å². The third-order valence-corrected chi connectivity index (χ3v) is 3.41. The molecule has 0 saturated carbocycles. The normalized spacial score (nSPS) is 10.8. The average molecular weight is 296 g/mol. The van der Waals surface area contributed by atoms with Gasteiger partial charge in [-0.1, -0.05) is 24.6 Å². The first kappa shape index (κ1) is 14.4. The number of fused-ring (bicyclic) bond motifs is 1. The number of hydrogen-bond acceptors (Lipinski definition) is 4. The van der Waals surface area contributed by atoms with Gasteiger partial charge in [0.25, 0.3) is 5.56 Å². The number of rotatable bonds is 3. The van der Waals surface area contributed by atoms with Crippen LogP contribution in [0.25, 0.3) is 10.9 Å². The molecule has 0 radical (unpaired) electrons. The molecule has 106 valence electrons. The molecule has 0 unspecified atom stereocenters. The summed E-state index contributed by atoms with van der Waals surface area (Å²) >= 11 is 6.13. The molecule has 2 rings (SSSR count). The predicted octanol–water partition coefficient (Wildman–Crippen LogP) is 2.76. The highest BCUT2D eigenvalue weighted by Gasteiger charge is 2.22. The van der Waals surface area contributed by atoms with E-state index in [0.29, 0.717) is 17.0 Å². The van der Waals surface area contributed by atoms with Crippen LogP contribution in [0.4, 0.5) is 0 Å². The third kappa shape index (κ3) is 2.36. The highest BCUT2D eigenvalue weighted by Crippen LogP contribution is 2.33. The van der Waals surface area contributed by atoms with Gasteiger partial charge >= 0.3 is 5.97 Å². The molecule has 5 nitrogen and oxygen atoms in total. The van der Waals surface area contributed by atoms with Gasteiger partial charge in [-0.2, -0.15) is 0 Å². The van der Waals surface area contributed by atoms with E-state index in [1.165, 1.54) is 0 Å². The number of ether oxygens (including phenoxy) is 1. The van der Waals surface area contributed by atoms with E-state index >= 15 is 0 Å². The standard InChI is InChI=1S/C14H14ClNO4/c1-3-6-20-14(19)10-12(17)9-8(16-13(10)18)5-4-7(2)11(9)15/h4-5H,3,6H2,1-2H3,(H2,16,17,18). The molecule has 0 aliphatic rings. The van der Waals surface area contributed by atoms with Crippen molar-refractivity contribution in [2.45, 2.75) is 20.3 Å². The second kappa shape index (κ2) is 5.54. The van der Waals surface area contributed by atoms with Crippen molar-refractivity contribution in [2.75, 3.05) is 6.61 Å². The summed E-state index contributed by atoms with van der Waals surface area (Å²) in [6, 6.07) is 3.34. The molecule has 0 aliphatic carbocycles. The summed E-state index contributed by atoms with van der Waals surface area (Å²) in [6.07, 6.45) is 0.623. The Balaban J connectivity index is 2.70. The molecule has 20 heavy (non-hydrogen) atoms. The van der Waals surface area contributed by atoms with Gasteiger partial charge in [-0.15, -0.1) is 0 Å². The van der Waals surface area contributed by atoms with Crippen molar-refractivity contribution >= 4 is 28.5 Å². The number of H-pyrrole nitrogens is 1. The lowest BCUT2D eigenvalue weighted by molar-refractivity contribution is 0.0500. The van der Waals surface area contributed by atoms with Gasteiger partial charge in [-0.3, -0.25) is 4.79 Å². The highest BCUT2D eigenvalue weighted by molar-refractivity contribution is 6.37. The van der Waals surface area contributed by atoms with E-state index in [1.54, 1.807) is 19.1 Å². The first-order chi connectivity index (χ1) is 9.47. The van der Waals surface area contributed by atoms with Gasteiger partial charge in [0.05, 0.1) is 22.5 Å². The molecule has 0 spiro atoms. The lowest BCUT2D eigenvalue weighted by Crippen LogP contribution is -2.20. The van der Waals surface area contributed by atoms with Crippen LogP contribution in [0, 0.1) is 6.92 Å². The van der Waals surface area contributed by atoms with Gasteiger partial charge in [0.1, 0.15) is 5.75 Å². The summed E-state index contributed by atoms with van der Waals surface area (Å²) < 4.78 is 4.90. The lowest BCUT2D eigenvalue weighted by Gasteiger charge is -2.09. The van der Waals surface area contributed by atoms with Crippen LogP contribution in [-0.2, 0) is 4.74 Å². The van der Waals surface area contributed by atoms with Crippen molar-refractivity contribution < 1.29 is 14.6 Å². The minimum absolute atomic E-state index is 0.178. The molecule has 0 amide bonds. The minimum Gasteiger partial charge on any atom is -0.506 e. The van der Waals surface area contributed by atoms with Crippen LogP contribution in [-0.4, -0.2) is 22.7 Å². The van der Waals surface area contributed by atoms with E-state index < -0.39 is 22.8 Å². The van der Waals surface area contributed by atoms with Gasteiger partial charge in [0.15, 0.2) is 5.56 Å². The topological polar surface area (TPSA) is 79.4 Å². The molecule has 6 heteroatoms. The molecule has 0 aliphatic heterocycles. The SMILES string of the molecule is CCCOC(=O)c1c(O)c2c(Cl)c(C)ccc2[nH]c1=O. The van der Waals surface area contributed by atoms with Crippen molar-refractivity contribution in [3.8, 4) is 5.75 Å².